The Bertz CT molecular complexity index is 1360. The standard InChI is InChI=1S/C21H30O2.C18H24O3/c1-13(22)17-6-7-18-16-5-4-14-12-15(23)8-10-20(14,2)19(16)9-11-21(17,18)3;1-18-7-6-13-12-5-3-11(19)8-10(12)2-4-14(13)15(18)9-16(20)17(18)21/h12,16-19H,4-11H2,1-3H3;3,5,8,13-17,19-21H,2,4,6-7,9H2,1H3/t16-,17+,18-,19-,20-,21+;13-,14-,15+,16-,17+,18+/m01/s1. The fourth-order valence-electron chi connectivity index (χ4n) is 12.8. The highest BCUT2D eigenvalue weighted by molar-refractivity contribution is 5.91. The van der Waals surface area contributed by atoms with E-state index in [1.165, 1.54) is 42.4 Å². The molecule has 7 aliphatic carbocycles. The number of Topliss-reactive ketones (excluding diaryl/α,β-unsaturated/α-hetero) is 1. The van der Waals surface area contributed by atoms with Crippen molar-refractivity contribution in [3.63, 3.8) is 0 Å². The molecule has 1 aromatic carbocycles. The van der Waals surface area contributed by atoms with Gasteiger partial charge in [0, 0.05) is 12.3 Å². The predicted octanol–water partition coefficient (Wildman–Crippen LogP) is 7.30. The van der Waals surface area contributed by atoms with Gasteiger partial charge in [0.15, 0.2) is 5.78 Å². The maximum atomic E-state index is 12.1. The number of aryl methyl sites for hydroxylation is 1. The Kier molecular flexibility index (Phi) is 7.52. The molecular weight excluding hydrogens is 548 g/mol. The highest BCUT2D eigenvalue weighted by Crippen LogP contribution is 2.67. The second-order valence-corrected chi connectivity index (χ2v) is 16.8. The molecule has 8 rings (SSSR count). The van der Waals surface area contributed by atoms with Gasteiger partial charge in [-0.25, -0.2) is 0 Å². The molecule has 0 bridgehead atoms. The molecule has 1 aromatic rings. The van der Waals surface area contributed by atoms with Crippen LogP contribution in [0, 0.1) is 51.8 Å². The number of ketones is 2. The maximum Gasteiger partial charge on any atom is 0.155 e. The molecule has 3 N–H and O–H groups in total. The summed E-state index contributed by atoms with van der Waals surface area (Å²) in [6.45, 7) is 8.81. The number of aliphatic hydroxyl groups excluding tert-OH is 2. The van der Waals surface area contributed by atoms with E-state index < -0.39 is 12.2 Å². The minimum atomic E-state index is -0.565. The Hall–Kier alpha value is -1.98. The summed E-state index contributed by atoms with van der Waals surface area (Å²) in [7, 11) is 0. The fraction of sp³-hybridized carbons (Fsp3) is 0.744. The average molecular weight is 603 g/mol. The van der Waals surface area contributed by atoms with Crippen LogP contribution in [0.5, 0.6) is 5.75 Å². The van der Waals surface area contributed by atoms with E-state index in [9.17, 15) is 24.9 Å². The van der Waals surface area contributed by atoms with Crippen LogP contribution < -0.4 is 0 Å². The van der Waals surface area contributed by atoms with Gasteiger partial charge in [-0.05, 0) is 165 Å². The number of aromatic hydroxyl groups is 1. The molecule has 0 heterocycles. The first-order valence-corrected chi connectivity index (χ1v) is 17.8. The molecule has 240 valence electrons. The van der Waals surface area contributed by atoms with E-state index in [4.69, 9.17) is 0 Å². The maximum absolute atomic E-state index is 12.1. The van der Waals surface area contributed by atoms with Crippen molar-refractivity contribution in [3.05, 3.63) is 41.0 Å². The third-order valence-electron chi connectivity index (χ3n) is 15.1. The minimum absolute atomic E-state index is 0.116. The molecule has 5 nitrogen and oxygen atoms in total. The SMILES string of the molecule is CC(=O)[C@H]1CC[C@H]2[C@@H]3CCC4=CC(=O)CC[C@]4(C)[C@H]3CC[C@]12C.C[C@]12CC[C@@H]3c4ccc(O)cc4CC[C@H]3[C@@H]1C[C@@H](O)[C@@H]2O. The second kappa shape index (κ2) is 10.8. The largest absolute Gasteiger partial charge is 0.508 e. The number of allylic oxidation sites excluding steroid dienone is 1. The van der Waals surface area contributed by atoms with Crippen LogP contribution in [0.1, 0.15) is 122 Å². The van der Waals surface area contributed by atoms with Gasteiger partial charge in [0.05, 0.1) is 12.2 Å². The second-order valence-electron chi connectivity index (χ2n) is 16.8. The summed E-state index contributed by atoms with van der Waals surface area (Å²) >= 11 is 0. The molecule has 5 saturated carbocycles. The number of hydrogen-bond donors (Lipinski definition) is 3. The molecule has 0 radical (unpaired) electrons. The van der Waals surface area contributed by atoms with E-state index in [0.717, 1.165) is 75.5 Å². The Labute approximate surface area is 263 Å². The smallest absolute Gasteiger partial charge is 0.155 e. The highest BCUT2D eigenvalue weighted by Gasteiger charge is 2.60. The number of phenols is 1. The number of rotatable bonds is 1. The molecular formula is C39H54O5. The van der Waals surface area contributed by atoms with Gasteiger partial charge < -0.3 is 15.3 Å². The van der Waals surface area contributed by atoms with Crippen molar-refractivity contribution in [1.82, 2.24) is 0 Å². The lowest BCUT2D eigenvalue weighted by Crippen LogP contribution is -2.51. The Balaban J connectivity index is 0.000000143. The van der Waals surface area contributed by atoms with E-state index in [0.29, 0.717) is 41.0 Å². The minimum Gasteiger partial charge on any atom is -0.508 e. The van der Waals surface area contributed by atoms with Crippen molar-refractivity contribution in [2.24, 2.45) is 51.8 Å². The van der Waals surface area contributed by atoms with E-state index in [2.05, 4.69) is 26.8 Å². The van der Waals surface area contributed by atoms with Gasteiger partial charge in [-0.3, -0.25) is 9.59 Å². The number of fused-ring (bicyclic) bond motifs is 10. The van der Waals surface area contributed by atoms with E-state index in [1.807, 2.05) is 12.1 Å². The van der Waals surface area contributed by atoms with Gasteiger partial charge in [-0.2, -0.15) is 0 Å². The van der Waals surface area contributed by atoms with Crippen LogP contribution in [0.15, 0.2) is 29.8 Å². The molecule has 5 fully saturated rings. The van der Waals surface area contributed by atoms with Crippen LogP contribution in [0.3, 0.4) is 0 Å². The molecule has 0 spiro atoms. The van der Waals surface area contributed by atoms with Crippen LogP contribution in [-0.4, -0.2) is 39.1 Å². The summed E-state index contributed by atoms with van der Waals surface area (Å²) in [5.41, 5.74) is 4.51. The number of benzene rings is 1. The van der Waals surface area contributed by atoms with Gasteiger partial charge in [0.1, 0.15) is 11.5 Å². The van der Waals surface area contributed by atoms with Crippen molar-refractivity contribution in [1.29, 1.82) is 0 Å². The van der Waals surface area contributed by atoms with Gasteiger partial charge in [-0.15, -0.1) is 0 Å². The zero-order valence-electron chi connectivity index (χ0n) is 27.4. The molecule has 12 atom stereocenters. The molecule has 0 amide bonds. The third-order valence-corrected chi connectivity index (χ3v) is 15.1. The number of carbonyl (C=O) groups is 2. The predicted molar refractivity (Wildman–Crippen MR) is 171 cm³/mol. The van der Waals surface area contributed by atoms with Gasteiger partial charge in [-0.1, -0.05) is 32.4 Å². The zero-order valence-corrected chi connectivity index (χ0v) is 27.4. The Morgan fingerprint density at radius 2 is 1.57 bits per heavy atom. The Morgan fingerprint density at radius 1 is 0.818 bits per heavy atom. The highest BCUT2D eigenvalue weighted by atomic mass is 16.3. The van der Waals surface area contributed by atoms with Crippen LogP contribution in [0.2, 0.25) is 0 Å². The molecule has 0 aromatic heterocycles. The number of aliphatic hydroxyl groups is 2. The summed E-state index contributed by atoms with van der Waals surface area (Å²) in [5, 5.41) is 30.2. The quantitative estimate of drug-likeness (QED) is 0.314. The molecule has 0 saturated heterocycles. The fourth-order valence-corrected chi connectivity index (χ4v) is 12.8. The van der Waals surface area contributed by atoms with E-state index >= 15 is 0 Å². The number of carbonyl (C=O) groups excluding carboxylic acids is 2. The number of phenolic OH excluding ortho intramolecular Hbond substituents is 1. The number of hydrogen-bond acceptors (Lipinski definition) is 5. The van der Waals surface area contributed by atoms with E-state index in [-0.39, 0.29) is 16.2 Å². The summed E-state index contributed by atoms with van der Waals surface area (Å²) in [5.74, 6) is 5.17. The normalized spacial score (nSPS) is 47.0. The van der Waals surface area contributed by atoms with Crippen LogP contribution >= 0.6 is 0 Å². The van der Waals surface area contributed by atoms with Crippen molar-refractivity contribution in [3.8, 4) is 5.75 Å². The molecule has 44 heavy (non-hydrogen) atoms. The molecule has 5 heteroatoms. The van der Waals surface area contributed by atoms with Crippen molar-refractivity contribution < 1.29 is 24.9 Å². The lowest BCUT2D eigenvalue weighted by Gasteiger charge is -2.58. The lowest BCUT2D eigenvalue weighted by molar-refractivity contribution is -0.128. The van der Waals surface area contributed by atoms with Gasteiger partial charge in [0.25, 0.3) is 0 Å². The Morgan fingerprint density at radius 3 is 2.34 bits per heavy atom. The summed E-state index contributed by atoms with van der Waals surface area (Å²) in [6.07, 6.45) is 14.7. The first-order chi connectivity index (χ1) is 20.9. The van der Waals surface area contributed by atoms with Crippen LogP contribution in [-0.2, 0) is 16.0 Å². The average Bonchev–Trinajstić information content (AvgIpc) is 3.46. The van der Waals surface area contributed by atoms with Crippen molar-refractivity contribution in [2.45, 2.75) is 129 Å². The summed E-state index contributed by atoms with van der Waals surface area (Å²) < 4.78 is 0. The van der Waals surface area contributed by atoms with Crippen LogP contribution in [0.4, 0.5) is 0 Å². The topological polar surface area (TPSA) is 94.8 Å². The first kappa shape index (κ1) is 30.7. The molecule has 7 aliphatic rings. The lowest BCUT2D eigenvalue weighted by atomic mass is 9.47. The van der Waals surface area contributed by atoms with Crippen molar-refractivity contribution in [2.75, 3.05) is 0 Å². The molecule has 0 aliphatic heterocycles. The summed E-state index contributed by atoms with van der Waals surface area (Å²) in [6, 6.07) is 5.80. The summed E-state index contributed by atoms with van der Waals surface area (Å²) in [4.78, 5) is 24.0. The van der Waals surface area contributed by atoms with Gasteiger partial charge in [0.2, 0.25) is 0 Å². The molecule has 0 unspecified atom stereocenters. The van der Waals surface area contributed by atoms with Gasteiger partial charge >= 0.3 is 0 Å². The third kappa shape index (κ3) is 4.53. The van der Waals surface area contributed by atoms with Crippen LogP contribution in [0.25, 0.3) is 0 Å². The van der Waals surface area contributed by atoms with Crippen molar-refractivity contribution >= 4 is 11.6 Å². The monoisotopic (exact) mass is 602 g/mol. The first-order valence-electron chi connectivity index (χ1n) is 17.8. The van der Waals surface area contributed by atoms with E-state index in [1.54, 1.807) is 13.0 Å². The zero-order chi connectivity index (χ0) is 31.2.